The molecule has 104 valence electrons. The number of aromatic nitrogens is 2. The maximum absolute atomic E-state index is 12.4. The van der Waals surface area contributed by atoms with Crippen molar-refractivity contribution in [1.29, 1.82) is 0 Å². The molecule has 0 spiro atoms. The monoisotopic (exact) mass is 271 g/mol. The van der Waals surface area contributed by atoms with Gasteiger partial charge < -0.3 is 9.64 Å². The van der Waals surface area contributed by atoms with Crippen LogP contribution in [0, 0.1) is 0 Å². The third-order valence-corrected chi connectivity index (χ3v) is 3.26. The van der Waals surface area contributed by atoms with Crippen molar-refractivity contribution in [3.8, 4) is 5.88 Å². The molecule has 0 saturated carbocycles. The van der Waals surface area contributed by atoms with Gasteiger partial charge in [-0.05, 0) is 24.6 Å². The number of pyridine rings is 2. The average molecular weight is 271 g/mol. The van der Waals surface area contributed by atoms with Crippen molar-refractivity contribution in [3.63, 3.8) is 0 Å². The largest absolute Gasteiger partial charge is 0.481 e. The standard InChI is InChI=1S/C15H17N3O2/c1-11(13-5-4-7-16-10-13)18(2)15(19)12-6-8-17-14(9-12)20-3/h4-11H,1-3H3. The molecule has 1 amide bonds. The summed E-state index contributed by atoms with van der Waals surface area (Å²) in [6.07, 6.45) is 5.04. The molecule has 5 nitrogen and oxygen atoms in total. The second kappa shape index (κ2) is 6.14. The Bertz CT molecular complexity index is 587. The molecule has 0 aliphatic rings. The molecule has 0 bridgehead atoms. The van der Waals surface area contributed by atoms with Gasteiger partial charge in [0.25, 0.3) is 5.91 Å². The summed E-state index contributed by atoms with van der Waals surface area (Å²) in [6.45, 7) is 1.97. The minimum atomic E-state index is -0.0814. The van der Waals surface area contributed by atoms with Gasteiger partial charge in [0.05, 0.1) is 13.2 Å². The molecule has 2 rings (SSSR count). The Morgan fingerprint density at radius 1 is 1.35 bits per heavy atom. The topological polar surface area (TPSA) is 55.3 Å². The third kappa shape index (κ3) is 2.93. The van der Waals surface area contributed by atoms with Crippen molar-refractivity contribution in [3.05, 3.63) is 54.0 Å². The van der Waals surface area contributed by atoms with Crippen LogP contribution in [-0.4, -0.2) is 34.9 Å². The van der Waals surface area contributed by atoms with Crippen LogP contribution in [0.2, 0.25) is 0 Å². The lowest BCUT2D eigenvalue weighted by molar-refractivity contribution is 0.0742. The molecule has 0 aliphatic carbocycles. The van der Waals surface area contributed by atoms with Crippen molar-refractivity contribution in [1.82, 2.24) is 14.9 Å². The summed E-state index contributed by atoms with van der Waals surface area (Å²) in [5.41, 5.74) is 1.54. The molecule has 0 N–H and O–H groups in total. The molecular weight excluding hydrogens is 254 g/mol. The first-order valence-electron chi connectivity index (χ1n) is 6.30. The van der Waals surface area contributed by atoms with E-state index in [2.05, 4.69) is 9.97 Å². The molecule has 0 saturated heterocycles. The van der Waals surface area contributed by atoms with Gasteiger partial charge in [-0.25, -0.2) is 4.98 Å². The SMILES string of the molecule is COc1cc(C(=O)N(C)C(C)c2cccnc2)ccn1. The number of nitrogens with zero attached hydrogens (tertiary/aromatic N) is 3. The van der Waals surface area contributed by atoms with Gasteiger partial charge in [-0.1, -0.05) is 6.07 Å². The predicted molar refractivity (Wildman–Crippen MR) is 75.5 cm³/mol. The number of methoxy groups -OCH3 is 1. The Kier molecular flexibility index (Phi) is 4.30. The highest BCUT2D eigenvalue weighted by molar-refractivity contribution is 5.94. The van der Waals surface area contributed by atoms with Gasteiger partial charge in [0.1, 0.15) is 0 Å². The predicted octanol–water partition coefficient (Wildman–Crippen LogP) is 2.32. The van der Waals surface area contributed by atoms with E-state index in [0.29, 0.717) is 11.4 Å². The maximum Gasteiger partial charge on any atom is 0.254 e. The summed E-state index contributed by atoms with van der Waals surface area (Å²) >= 11 is 0. The fraction of sp³-hybridized carbons (Fsp3) is 0.267. The summed E-state index contributed by atoms with van der Waals surface area (Å²) in [5.74, 6) is 0.348. The van der Waals surface area contributed by atoms with E-state index < -0.39 is 0 Å². The lowest BCUT2D eigenvalue weighted by atomic mass is 10.1. The van der Waals surface area contributed by atoms with E-state index in [0.717, 1.165) is 5.56 Å². The lowest BCUT2D eigenvalue weighted by Gasteiger charge is -2.25. The molecule has 20 heavy (non-hydrogen) atoms. The molecule has 1 atom stereocenters. The van der Waals surface area contributed by atoms with E-state index in [1.165, 1.54) is 7.11 Å². The molecule has 5 heteroatoms. The van der Waals surface area contributed by atoms with E-state index in [4.69, 9.17) is 4.74 Å². The van der Waals surface area contributed by atoms with Gasteiger partial charge in [-0.3, -0.25) is 9.78 Å². The molecule has 2 aromatic rings. The Morgan fingerprint density at radius 3 is 2.80 bits per heavy atom. The van der Waals surface area contributed by atoms with Gasteiger partial charge in [0.2, 0.25) is 5.88 Å². The van der Waals surface area contributed by atoms with Crippen LogP contribution in [0.25, 0.3) is 0 Å². The summed E-state index contributed by atoms with van der Waals surface area (Å²) in [7, 11) is 3.30. The number of rotatable bonds is 4. The van der Waals surface area contributed by atoms with E-state index in [1.807, 2.05) is 19.1 Å². The number of hydrogen-bond donors (Lipinski definition) is 0. The first-order chi connectivity index (χ1) is 9.63. The third-order valence-electron chi connectivity index (χ3n) is 3.26. The van der Waals surface area contributed by atoms with Crippen LogP contribution >= 0.6 is 0 Å². The van der Waals surface area contributed by atoms with Crippen LogP contribution < -0.4 is 4.74 Å². The molecule has 0 aliphatic heterocycles. The lowest BCUT2D eigenvalue weighted by Crippen LogP contribution is -2.29. The first-order valence-corrected chi connectivity index (χ1v) is 6.30. The summed E-state index contributed by atoms with van der Waals surface area (Å²) < 4.78 is 5.04. The van der Waals surface area contributed by atoms with Crippen molar-refractivity contribution < 1.29 is 9.53 Å². The van der Waals surface area contributed by atoms with Crippen LogP contribution in [0.1, 0.15) is 28.9 Å². The Hall–Kier alpha value is -2.43. The average Bonchev–Trinajstić information content (AvgIpc) is 2.53. The molecule has 2 aromatic heterocycles. The number of ether oxygens (including phenoxy) is 1. The van der Waals surface area contributed by atoms with Crippen LogP contribution in [0.3, 0.4) is 0 Å². The minimum Gasteiger partial charge on any atom is -0.481 e. The van der Waals surface area contributed by atoms with Crippen molar-refractivity contribution in [2.45, 2.75) is 13.0 Å². The minimum absolute atomic E-state index is 0.0599. The zero-order valence-electron chi connectivity index (χ0n) is 11.8. The highest BCUT2D eigenvalue weighted by Gasteiger charge is 2.19. The van der Waals surface area contributed by atoms with Gasteiger partial charge in [-0.15, -0.1) is 0 Å². The van der Waals surface area contributed by atoms with Gasteiger partial charge in [0.15, 0.2) is 0 Å². The van der Waals surface area contributed by atoms with Gasteiger partial charge in [-0.2, -0.15) is 0 Å². The van der Waals surface area contributed by atoms with E-state index >= 15 is 0 Å². The van der Waals surface area contributed by atoms with Crippen molar-refractivity contribution in [2.75, 3.05) is 14.2 Å². The fourth-order valence-corrected chi connectivity index (χ4v) is 1.88. The maximum atomic E-state index is 12.4. The van der Waals surface area contributed by atoms with E-state index in [9.17, 15) is 4.79 Å². The van der Waals surface area contributed by atoms with Crippen molar-refractivity contribution in [2.24, 2.45) is 0 Å². The molecule has 0 aromatic carbocycles. The van der Waals surface area contributed by atoms with E-state index in [1.54, 1.807) is 42.7 Å². The fourth-order valence-electron chi connectivity index (χ4n) is 1.88. The number of amides is 1. The second-order valence-corrected chi connectivity index (χ2v) is 4.47. The summed E-state index contributed by atoms with van der Waals surface area (Å²) in [5, 5.41) is 0. The van der Waals surface area contributed by atoms with Crippen LogP contribution in [-0.2, 0) is 0 Å². The summed E-state index contributed by atoms with van der Waals surface area (Å²) in [6, 6.07) is 7.07. The molecule has 1 unspecified atom stereocenters. The van der Waals surface area contributed by atoms with Gasteiger partial charge in [0, 0.05) is 37.3 Å². The zero-order valence-corrected chi connectivity index (χ0v) is 11.8. The molecule has 0 fully saturated rings. The number of carbonyl (C=O) groups excluding carboxylic acids is 1. The highest BCUT2D eigenvalue weighted by atomic mass is 16.5. The Labute approximate surface area is 118 Å². The highest BCUT2D eigenvalue weighted by Crippen LogP contribution is 2.20. The molecule has 2 heterocycles. The Balaban J connectivity index is 2.19. The van der Waals surface area contributed by atoms with Crippen LogP contribution in [0.15, 0.2) is 42.9 Å². The smallest absolute Gasteiger partial charge is 0.254 e. The quantitative estimate of drug-likeness (QED) is 0.856. The second-order valence-electron chi connectivity index (χ2n) is 4.47. The Morgan fingerprint density at radius 2 is 2.15 bits per heavy atom. The van der Waals surface area contributed by atoms with Crippen LogP contribution in [0.4, 0.5) is 0 Å². The molecular formula is C15H17N3O2. The number of hydrogen-bond acceptors (Lipinski definition) is 4. The van der Waals surface area contributed by atoms with Crippen molar-refractivity contribution >= 4 is 5.91 Å². The van der Waals surface area contributed by atoms with Crippen LogP contribution in [0.5, 0.6) is 5.88 Å². The zero-order chi connectivity index (χ0) is 14.5. The first kappa shape index (κ1) is 14.0. The number of carbonyl (C=O) groups is 1. The summed E-state index contributed by atoms with van der Waals surface area (Å²) in [4.78, 5) is 22.2. The van der Waals surface area contributed by atoms with Gasteiger partial charge >= 0.3 is 0 Å². The van der Waals surface area contributed by atoms with E-state index in [-0.39, 0.29) is 11.9 Å². The molecule has 0 radical (unpaired) electrons. The normalized spacial score (nSPS) is 11.8.